The highest BCUT2D eigenvalue weighted by Crippen LogP contribution is 2.28. The zero-order valence-electron chi connectivity index (χ0n) is 9.30. The summed E-state index contributed by atoms with van der Waals surface area (Å²) in [5.41, 5.74) is 0. The molecule has 16 heavy (non-hydrogen) atoms. The molecule has 0 saturated carbocycles. The van der Waals surface area contributed by atoms with Crippen molar-refractivity contribution in [3.05, 3.63) is 11.6 Å². The minimum Gasteiger partial charge on any atom is -0.391 e. The van der Waals surface area contributed by atoms with Crippen molar-refractivity contribution >= 4 is 11.8 Å². The molecule has 0 spiro atoms. The van der Waals surface area contributed by atoms with Crippen LogP contribution in [-0.2, 0) is 19.4 Å². The van der Waals surface area contributed by atoms with Crippen molar-refractivity contribution < 1.29 is 5.11 Å². The summed E-state index contributed by atoms with van der Waals surface area (Å²) >= 11 is 2.05. The molecular formula is C11H17N3OS. The third kappa shape index (κ3) is 2.11. The number of thioether (sulfide) groups is 1. The van der Waals surface area contributed by atoms with Crippen LogP contribution in [0.2, 0.25) is 0 Å². The molecular weight excluding hydrogens is 222 g/mol. The SMILES string of the molecule is OC1CCc2nc(CC3CCCS3)nn2C1. The van der Waals surface area contributed by atoms with E-state index in [4.69, 9.17) is 0 Å². The maximum Gasteiger partial charge on any atom is 0.152 e. The Morgan fingerprint density at radius 2 is 2.38 bits per heavy atom. The molecule has 1 aromatic heterocycles. The van der Waals surface area contributed by atoms with Crippen molar-refractivity contribution in [1.82, 2.24) is 14.8 Å². The highest BCUT2D eigenvalue weighted by Gasteiger charge is 2.22. The van der Waals surface area contributed by atoms with E-state index in [1.54, 1.807) is 0 Å². The molecule has 1 fully saturated rings. The van der Waals surface area contributed by atoms with Gasteiger partial charge >= 0.3 is 0 Å². The van der Waals surface area contributed by atoms with E-state index in [0.29, 0.717) is 6.54 Å². The van der Waals surface area contributed by atoms with Gasteiger partial charge in [-0.1, -0.05) is 0 Å². The predicted octanol–water partition coefficient (Wildman–Crippen LogP) is 1.02. The first kappa shape index (κ1) is 10.6. The Kier molecular flexibility index (Phi) is 2.90. The van der Waals surface area contributed by atoms with Crippen molar-refractivity contribution in [3.63, 3.8) is 0 Å². The Balaban J connectivity index is 1.71. The molecule has 4 nitrogen and oxygen atoms in total. The number of hydrogen-bond acceptors (Lipinski definition) is 4. The van der Waals surface area contributed by atoms with Gasteiger partial charge in [-0.15, -0.1) is 0 Å². The van der Waals surface area contributed by atoms with Gasteiger partial charge < -0.3 is 5.11 Å². The lowest BCUT2D eigenvalue weighted by molar-refractivity contribution is 0.124. The summed E-state index contributed by atoms with van der Waals surface area (Å²) in [6, 6.07) is 0. The minimum atomic E-state index is -0.233. The number of rotatable bonds is 2. The molecule has 0 radical (unpaired) electrons. The van der Waals surface area contributed by atoms with Crippen LogP contribution in [0.3, 0.4) is 0 Å². The van der Waals surface area contributed by atoms with Crippen LogP contribution in [0.5, 0.6) is 0 Å². The summed E-state index contributed by atoms with van der Waals surface area (Å²) in [6.07, 6.45) is 5.10. The molecule has 3 heterocycles. The first-order valence-corrected chi connectivity index (χ1v) is 7.08. The monoisotopic (exact) mass is 239 g/mol. The number of aryl methyl sites for hydroxylation is 1. The van der Waals surface area contributed by atoms with Gasteiger partial charge in [0.15, 0.2) is 5.82 Å². The second-order valence-corrected chi connectivity index (χ2v) is 6.07. The van der Waals surface area contributed by atoms with Crippen molar-refractivity contribution in [3.8, 4) is 0 Å². The van der Waals surface area contributed by atoms with Crippen LogP contribution >= 0.6 is 11.8 Å². The standard InChI is InChI=1S/C11H17N3OS/c15-8-3-4-11-12-10(13-14(11)7-8)6-9-2-1-5-16-9/h8-9,15H,1-7H2. The van der Waals surface area contributed by atoms with Crippen LogP contribution in [0.25, 0.3) is 0 Å². The van der Waals surface area contributed by atoms with E-state index in [9.17, 15) is 5.11 Å². The zero-order chi connectivity index (χ0) is 11.0. The van der Waals surface area contributed by atoms with Gasteiger partial charge in [0.2, 0.25) is 0 Å². The van der Waals surface area contributed by atoms with Crippen molar-refractivity contribution in [2.24, 2.45) is 0 Å². The summed E-state index contributed by atoms with van der Waals surface area (Å²) < 4.78 is 1.89. The Bertz CT molecular complexity index is 373. The lowest BCUT2D eigenvalue weighted by atomic mass is 10.1. The number of aliphatic hydroxyl groups is 1. The molecule has 2 atom stereocenters. The van der Waals surface area contributed by atoms with Crippen LogP contribution in [0.15, 0.2) is 0 Å². The molecule has 0 aromatic carbocycles. The smallest absolute Gasteiger partial charge is 0.152 e. The summed E-state index contributed by atoms with van der Waals surface area (Å²) in [4.78, 5) is 4.58. The second kappa shape index (κ2) is 4.37. The van der Waals surface area contributed by atoms with E-state index in [1.807, 2.05) is 16.4 Å². The molecule has 88 valence electrons. The summed E-state index contributed by atoms with van der Waals surface area (Å²) in [6.45, 7) is 0.625. The Morgan fingerprint density at radius 1 is 1.44 bits per heavy atom. The molecule has 0 amide bonds. The second-order valence-electron chi connectivity index (χ2n) is 4.66. The Morgan fingerprint density at radius 3 is 3.19 bits per heavy atom. The third-order valence-corrected chi connectivity index (χ3v) is 4.71. The Hall–Kier alpha value is -0.550. The molecule has 2 unspecified atom stereocenters. The molecule has 1 saturated heterocycles. The van der Waals surface area contributed by atoms with Crippen LogP contribution in [0.4, 0.5) is 0 Å². The maximum absolute atomic E-state index is 9.56. The maximum atomic E-state index is 9.56. The van der Waals surface area contributed by atoms with Gasteiger partial charge in [0.25, 0.3) is 0 Å². The van der Waals surface area contributed by atoms with E-state index < -0.39 is 0 Å². The lowest BCUT2D eigenvalue weighted by Gasteiger charge is -2.16. The zero-order valence-corrected chi connectivity index (χ0v) is 10.1. The van der Waals surface area contributed by atoms with Gasteiger partial charge in [-0.25, -0.2) is 9.67 Å². The van der Waals surface area contributed by atoms with Crippen LogP contribution in [-0.4, -0.2) is 37.0 Å². The molecule has 0 aliphatic carbocycles. The van der Waals surface area contributed by atoms with Gasteiger partial charge in [0, 0.05) is 18.1 Å². The average molecular weight is 239 g/mol. The molecule has 2 aliphatic rings. The van der Waals surface area contributed by atoms with Crippen LogP contribution in [0, 0.1) is 0 Å². The molecule has 0 bridgehead atoms. The molecule has 2 aliphatic heterocycles. The van der Waals surface area contributed by atoms with E-state index in [2.05, 4.69) is 10.1 Å². The summed E-state index contributed by atoms with van der Waals surface area (Å²) in [5, 5.41) is 14.8. The van der Waals surface area contributed by atoms with Crippen LogP contribution < -0.4 is 0 Å². The average Bonchev–Trinajstić information content (AvgIpc) is 2.86. The fourth-order valence-corrected chi connectivity index (χ4v) is 3.71. The number of nitrogens with zero attached hydrogens (tertiary/aromatic N) is 3. The van der Waals surface area contributed by atoms with E-state index >= 15 is 0 Å². The topological polar surface area (TPSA) is 50.9 Å². The molecule has 5 heteroatoms. The summed E-state index contributed by atoms with van der Waals surface area (Å²) in [5.74, 6) is 3.32. The van der Waals surface area contributed by atoms with Gasteiger partial charge in [-0.3, -0.25) is 0 Å². The first-order chi connectivity index (χ1) is 7.81. The first-order valence-electron chi connectivity index (χ1n) is 6.03. The highest BCUT2D eigenvalue weighted by molar-refractivity contribution is 8.00. The fourth-order valence-electron chi connectivity index (χ4n) is 2.44. The molecule has 1 N–H and O–H groups in total. The number of aliphatic hydroxyl groups excluding tert-OH is 1. The Labute approximate surface area is 99.4 Å². The molecule has 1 aromatic rings. The lowest BCUT2D eigenvalue weighted by Crippen LogP contribution is -2.25. The number of hydrogen-bond donors (Lipinski definition) is 1. The normalized spacial score (nSPS) is 29.3. The van der Waals surface area contributed by atoms with Gasteiger partial charge in [0.05, 0.1) is 12.6 Å². The predicted molar refractivity (Wildman–Crippen MR) is 63.5 cm³/mol. The van der Waals surface area contributed by atoms with Gasteiger partial charge in [-0.2, -0.15) is 16.9 Å². The summed E-state index contributed by atoms with van der Waals surface area (Å²) in [7, 11) is 0. The number of fused-ring (bicyclic) bond motifs is 1. The third-order valence-electron chi connectivity index (χ3n) is 3.31. The number of aromatic nitrogens is 3. The van der Waals surface area contributed by atoms with Crippen molar-refractivity contribution in [2.75, 3.05) is 5.75 Å². The van der Waals surface area contributed by atoms with E-state index in [-0.39, 0.29) is 6.10 Å². The highest BCUT2D eigenvalue weighted by atomic mass is 32.2. The van der Waals surface area contributed by atoms with E-state index in [0.717, 1.165) is 36.2 Å². The molecule has 3 rings (SSSR count). The van der Waals surface area contributed by atoms with E-state index in [1.165, 1.54) is 18.6 Å². The largest absolute Gasteiger partial charge is 0.391 e. The fraction of sp³-hybridized carbons (Fsp3) is 0.818. The minimum absolute atomic E-state index is 0.233. The van der Waals surface area contributed by atoms with Crippen LogP contribution in [0.1, 0.15) is 30.9 Å². The van der Waals surface area contributed by atoms with Crippen molar-refractivity contribution in [1.29, 1.82) is 0 Å². The quantitative estimate of drug-likeness (QED) is 0.837. The van der Waals surface area contributed by atoms with Gasteiger partial charge in [0.1, 0.15) is 5.82 Å². The van der Waals surface area contributed by atoms with Crippen molar-refractivity contribution in [2.45, 2.75) is 50.0 Å². The van der Waals surface area contributed by atoms with Gasteiger partial charge in [-0.05, 0) is 25.0 Å².